The number of carbonyl (C=O) groups excluding carboxylic acids is 1. The summed E-state index contributed by atoms with van der Waals surface area (Å²) in [5, 5.41) is 0. The lowest BCUT2D eigenvalue weighted by atomic mass is 9.79. The van der Waals surface area contributed by atoms with Gasteiger partial charge in [0, 0.05) is 6.42 Å². The van der Waals surface area contributed by atoms with Crippen molar-refractivity contribution >= 4 is 5.78 Å². The molecule has 0 amide bonds. The molecule has 1 unspecified atom stereocenters. The highest BCUT2D eigenvalue weighted by Crippen LogP contribution is 2.41. The summed E-state index contributed by atoms with van der Waals surface area (Å²) in [5.41, 5.74) is 2.72. The number of unbranched alkanes of at least 4 members (excludes halogenated alkanes) is 1. The summed E-state index contributed by atoms with van der Waals surface area (Å²) in [7, 11) is 0. The van der Waals surface area contributed by atoms with Gasteiger partial charge in [-0.15, -0.1) is 6.58 Å². The molecule has 0 saturated carbocycles. The van der Waals surface area contributed by atoms with E-state index in [0.29, 0.717) is 0 Å². The van der Waals surface area contributed by atoms with Gasteiger partial charge in [0.1, 0.15) is 5.60 Å². The molecule has 1 atom stereocenters. The van der Waals surface area contributed by atoms with Crippen molar-refractivity contribution in [2.24, 2.45) is 0 Å². The van der Waals surface area contributed by atoms with Crippen LogP contribution in [0, 0.1) is 0 Å². The van der Waals surface area contributed by atoms with Gasteiger partial charge in [-0.05, 0) is 35.6 Å². The maximum Gasteiger partial charge on any atom is 0.155 e. The molecular weight excluding hydrogens is 404 g/mol. The molecule has 0 aliphatic heterocycles. The van der Waals surface area contributed by atoms with Crippen molar-refractivity contribution < 1.29 is 9.53 Å². The minimum Gasteiger partial charge on any atom is -0.354 e. The van der Waals surface area contributed by atoms with Gasteiger partial charge in [-0.1, -0.05) is 123 Å². The summed E-state index contributed by atoms with van der Waals surface area (Å²) in [6, 6.07) is 31.5. The van der Waals surface area contributed by atoms with Gasteiger partial charge in [0.15, 0.2) is 5.78 Å². The van der Waals surface area contributed by atoms with E-state index in [1.807, 2.05) is 30.4 Å². The lowest BCUT2D eigenvalue weighted by Crippen LogP contribution is -2.36. The van der Waals surface area contributed by atoms with Crippen LogP contribution in [0.5, 0.6) is 0 Å². The van der Waals surface area contributed by atoms with Crippen LogP contribution in [0.3, 0.4) is 0 Å². The van der Waals surface area contributed by atoms with Crippen molar-refractivity contribution in [2.45, 2.75) is 50.7 Å². The Hall–Kier alpha value is -3.23. The molecule has 0 spiro atoms. The van der Waals surface area contributed by atoms with Gasteiger partial charge < -0.3 is 4.74 Å². The Kier molecular flexibility index (Phi) is 9.41. The van der Waals surface area contributed by atoms with E-state index in [9.17, 15) is 4.79 Å². The molecule has 0 heterocycles. The number of benzene rings is 3. The number of ether oxygens (including phenoxy) is 1. The Morgan fingerprint density at radius 3 is 1.67 bits per heavy atom. The molecule has 0 N–H and O–H groups in total. The van der Waals surface area contributed by atoms with Gasteiger partial charge in [0.25, 0.3) is 0 Å². The number of carbonyl (C=O) groups is 1. The highest BCUT2D eigenvalue weighted by atomic mass is 16.5. The highest BCUT2D eigenvalue weighted by Gasteiger charge is 2.39. The Balaban J connectivity index is 0.000000442. The van der Waals surface area contributed by atoms with Crippen LogP contribution in [0.1, 0.15) is 55.7 Å². The van der Waals surface area contributed by atoms with E-state index in [0.717, 1.165) is 48.8 Å². The monoisotopic (exact) mass is 438 g/mol. The predicted molar refractivity (Wildman–Crippen MR) is 137 cm³/mol. The molecule has 0 fully saturated rings. The summed E-state index contributed by atoms with van der Waals surface area (Å²) in [5.74, 6) is 0.273. The second-order valence-corrected chi connectivity index (χ2v) is 8.22. The summed E-state index contributed by atoms with van der Waals surface area (Å²) in [6.45, 7) is 6.26. The van der Waals surface area contributed by atoms with Crippen LogP contribution in [-0.4, -0.2) is 11.9 Å². The van der Waals surface area contributed by atoms with E-state index < -0.39 is 5.60 Å². The van der Waals surface area contributed by atoms with E-state index >= 15 is 0 Å². The number of hydrogen-bond donors (Lipinski definition) is 0. The number of hydrogen-bond acceptors (Lipinski definition) is 2. The summed E-state index contributed by atoms with van der Waals surface area (Å²) in [4.78, 5) is 10.2. The third-order valence-electron chi connectivity index (χ3n) is 5.84. The van der Waals surface area contributed by atoms with Gasteiger partial charge in [0.2, 0.25) is 0 Å². The SMILES string of the molecule is C=CC(CCCC)OC(c1ccccc1)(c1ccccc1)c1ccccc1.O=C1C=CCC1. The first-order valence-electron chi connectivity index (χ1n) is 11.9. The number of rotatable bonds is 9. The highest BCUT2D eigenvalue weighted by molar-refractivity contribution is 5.91. The van der Waals surface area contributed by atoms with Crippen LogP contribution in [0.15, 0.2) is 116 Å². The van der Waals surface area contributed by atoms with Crippen molar-refractivity contribution in [3.63, 3.8) is 0 Å². The van der Waals surface area contributed by atoms with Crippen LogP contribution < -0.4 is 0 Å². The first kappa shape index (κ1) is 24.4. The summed E-state index contributed by atoms with van der Waals surface area (Å²) >= 11 is 0. The molecule has 1 aliphatic rings. The fraction of sp³-hybridized carbons (Fsp3) is 0.258. The minimum atomic E-state index is -0.670. The summed E-state index contributed by atoms with van der Waals surface area (Å²) in [6.07, 6.45) is 10.4. The summed E-state index contributed by atoms with van der Waals surface area (Å²) < 4.78 is 6.93. The Morgan fingerprint density at radius 2 is 1.36 bits per heavy atom. The van der Waals surface area contributed by atoms with Gasteiger partial charge in [0.05, 0.1) is 6.10 Å². The molecule has 2 nitrogen and oxygen atoms in total. The molecule has 170 valence electrons. The fourth-order valence-electron chi connectivity index (χ4n) is 4.10. The van der Waals surface area contributed by atoms with Crippen molar-refractivity contribution in [2.75, 3.05) is 0 Å². The number of ketones is 1. The first-order valence-corrected chi connectivity index (χ1v) is 11.9. The van der Waals surface area contributed by atoms with Crippen molar-refractivity contribution in [3.8, 4) is 0 Å². The van der Waals surface area contributed by atoms with Gasteiger partial charge in [-0.3, -0.25) is 4.79 Å². The molecule has 0 aromatic heterocycles. The lowest BCUT2D eigenvalue weighted by molar-refractivity contribution is -0.114. The average molecular weight is 439 g/mol. The molecule has 0 saturated heterocycles. The van der Waals surface area contributed by atoms with E-state index in [4.69, 9.17) is 4.74 Å². The largest absolute Gasteiger partial charge is 0.354 e. The smallest absolute Gasteiger partial charge is 0.155 e. The quantitative estimate of drug-likeness (QED) is 0.253. The Bertz CT molecular complexity index is 910. The second kappa shape index (κ2) is 12.7. The third kappa shape index (κ3) is 6.40. The van der Waals surface area contributed by atoms with Crippen molar-refractivity contribution in [1.82, 2.24) is 0 Å². The topological polar surface area (TPSA) is 26.3 Å². The number of allylic oxidation sites excluding steroid dienone is 2. The van der Waals surface area contributed by atoms with E-state index in [1.165, 1.54) is 0 Å². The molecule has 33 heavy (non-hydrogen) atoms. The maximum atomic E-state index is 10.2. The van der Waals surface area contributed by atoms with E-state index in [1.54, 1.807) is 6.08 Å². The van der Waals surface area contributed by atoms with Gasteiger partial charge in [-0.25, -0.2) is 0 Å². The maximum absolute atomic E-state index is 10.2. The van der Waals surface area contributed by atoms with Crippen LogP contribution in [0.4, 0.5) is 0 Å². The molecule has 3 aromatic carbocycles. The molecular formula is C31H34O2. The molecule has 1 aliphatic carbocycles. The molecule has 4 rings (SSSR count). The Morgan fingerprint density at radius 1 is 0.879 bits per heavy atom. The normalized spacial score (nSPS) is 13.8. The standard InChI is InChI=1S/C26H28O.C5H6O/c1-3-5-21-25(4-2)27-26(22-15-9-6-10-16-22,23-17-11-7-12-18-23)24-19-13-8-14-20-24;6-5-3-1-2-4-5/h4,6-20,25H,2-3,5,21H2,1H3;1,3H,2,4H2. The van der Waals surface area contributed by atoms with Crippen LogP contribution in [0.2, 0.25) is 0 Å². The average Bonchev–Trinajstić information content (AvgIpc) is 3.37. The van der Waals surface area contributed by atoms with Gasteiger partial charge in [-0.2, -0.15) is 0 Å². The molecule has 2 heteroatoms. The fourth-order valence-corrected chi connectivity index (χ4v) is 4.10. The van der Waals surface area contributed by atoms with Crippen LogP contribution in [0.25, 0.3) is 0 Å². The zero-order valence-electron chi connectivity index (χ0n) is 19.5. The molecule has 0 radical (unpaired) electrons. The third-order valence-corrected chi connectivity index (χ3v) is 5.84. The lowest BCUT2D eigenvalue weighted by Gasteiger charge is -2.38. The van der Waals surface area contributed by atoms with Crippen LogP contribution >= 0.6 is 0 Å². The molecule has 0 bridgehead atoms. The predicted octanol–water partition coefficient (Wildman–Crippen LogP) is 7.65. The Labute approximate surface area is 198 Å². The van der Waals surface area contributed by atoms with E-state index in [2.05, 4.69) is 86.3 Å². The second-order valence-electron chi connectivity index (χ2n) is 8.22. The van der Waals surface area contributed by atoms with Crippen LogP contribution in [-0.2, 0) is 15.1 Å². The zero-order valence-corrected chi connectivity index (χ0v) is 19.5. The van der Waals surface area contributed by atoms with Crippen molar-refractivity contribution in [1.29, 1.82) is 0 Å². The van der Waals surface area contributed by atoms with Gasteiger partial charge >= 0.3 is 0 Å². The first-order chi connectivity index (χ1) is 16.2. The molecule has 3 aromatic rings. The van der Waals surface area contributed by atoms with E-state index in [-0.39, 0.29) is 11.9 Å². The minimum absolute atomic E-state index is 0.0226. The zero-order chi connectivity index (χ0) is 23.4. The van der Waals surface area contributed by atoms with Crippen molar-refractivity contribution in [3.05, 3.63) is 132 Å².